The van der Waals surface area contributed by atoms with Crippen LogP contribution in [0.25, 0.3) is 10.3 Å². The third-order valence-electron chi connectivity index (χ3n) is 4.23. The number of fused-ring (bicyclic) bond motifs is 1. The van der Waals surface area contributed by atoms with E-state index in [1.54, 1.807) is 23.8 Å². The van der Waals surface area contributed by atoms with Crippen molar-refractivity contribution in [3.05, 3.63) is 42.5 Å². The quantitative estimate of drug-likeness (QED) is 0.789. The number of furan rings is 1. The van der Waals surface area contributed by atoms with Crippen LogP contribution in [-0.4, -0.2) is 29.0 Å². The molecule has 0 unspecified atom stereocenters. The average molecular weight is 342 g/mol. The number of pyridine rings is 1. The van der Waals surface area contributed by atoms with Gasteiger partial charge in [-0.3, -0.25) is 4.79 Å². The van der Waals surface area contributed by atoms with Crippen molar-refractivity contribution in [2.75, 3.05) is 18.0 Å². The van der Waals surface area contributed by atoms with E-state index in [0.717, 1.165) is 40.6 Å². The van der Waals surface area contributed by atoms with E-state index in [-0.39, 0.29) is 11.8 Å². The van der Waals surface area contributed by atoms with Gasteiger partial charge in [0.15, 0.2) is 5.13 Å². The zero-order valence-electron chi connectivity index (χ0n) is 13.1. The van der Waals surface area contributed by atoms with Crippen LogP contribution in [-0.2, 0) is 11.3 Å². The summed E-state index contributed by atoms with van der Waals surface area (Å²) in [6, 6.07) is 7.55. The van der Waals surface area contributed by atoms with E-state index in [1.807, 2.05) is 24.3 Å². The third-order valence-corrected chi connectivity index (χ3v) is 5.27. The molecular formula is C17H18N4O2S. The Morgan fingerprint density at radius 2 is 2.38 bits per heavy atom. The number of hydrogen-bond donors (Lipinski definition) is 1. The number of carbonyl (C=O) groups is 1. The molecule has 1 N–H and O–H groups in total. The summed E-state index contributed by atoms with van der Waals surface area (Å²) in [6.45, 7) is 2.07. The molecule has 0 aromatic carbocycles. The lowest BCUT2D eigenvalue weighted by atomic mass is 9.97. The molecule has 24 heavy (non-hydrogen) atoms. The van der Waals surface area contributed by atoms with E-state index < -0.39 is 0 Å². The number of amides is 1. The average Bonchev–Trinajstić information content (AvgIpc) is 3.29. The van der Waals surface area contributed by atoms with E-state index in [2.05, 4.69) is 20.2 Å². The normalized spacial score (nSPS) is 18.0. The van der Waals surface area contributed by atoms with Crippen LogP contribution in [0.5, 0.6) is 0 Å². The second kappa shape index (κ2) is 6.60. The van der Waals surface area contributed by atoms with Gasteiger partial charge >= 0.3 is 0 Å². The van der Waals surface area contributed by atoms with E-state index in [4.69, 9.17) is 4.42 Å². The van der Waals surface area contributed by atoms with Gasteiger partial charge in [-0.25, -0.2) is 9.97 Å². The van der Waals surface area contributed by atoms with Crippen LogP contribution in [0.15, 0.2) is 41.1 Å². The summed E-state index contributed by atoms with van der Waals surface area (Å²) >= 11 is 1.59. The highest BCUT2D eigenvalue weighted by Crippen LogP contribution is 2.30. The van der Waals surface area contributed by atoms with Gasteiger partial charge in [-0.05, 0) is 37.1 Å². The molecule has 0 spiro atoms. The van der Waals surface area contributed by atoms with Gasteiger partial charge in [-0.2, -0.15) is 0 Å². The van der Waals surface area contributed by atoms with Crippen molar-refractivity contribution in [3.63, 3.8) is 0 Å². The Kier molecular flexibility index (Phi) is 4.17. The van der Waals surface area contributed by atoms with Gasteiger partial charge in [-0.1, -0.05) is 11.3 Å². The number of rotatable bonds is 4. The molecule has 0 radical (unpaired) electrons. The number of hydrogen-bond acceptors (Lipinski definition) is 6. The van der Waals surface area contributed by atoms with Gasteiger partial charge in [0.05, 0.1) is 18.7 Å². The minimum Gasteiger partial charge on any atom is -0.467 e. The maximum Gasteiger partial charge on any atom is 0.225 e. The zero-order chi connectivity index (χ0) is 16.4. The second-order valence-corrected chi connectivity index (χ2v) is 6.86. The Morgan fingerprint density at radius 3 is 3.21 bits per heavy atom. The summed E-state index contributed by atoms with van der Waals surface area (Å²) in [5.74, 6) is 0.831. The Balaban J connectivity index is 1.42. The number of thiazole rings is 1. The lowest BCUT2D eigenvalue weighted by Crippen LogP contribution is -2.42. The highest BCUT2D eigenvalue weighted by molar-refractivity contribution is 7.21. The first-order valence-corrected chi connectivity index (χ1v) is 8.88. The van der Waals surface area contributed by atoms with Gasteiger partial charge < -0.3 is 14.6 Å². The number of carbonyl (C=O) groups excluding carboxylic acids is 1. The fraction of sp³-hybridized carbons (Fsp3) is 0.353. The van der Waals surface area contributed by atoms with Crippen LogP contribution >= 0.6 is 11.3 Å². The van der Waals surface area contributed by atoms with Crippen LogP contribution in [0.1, 0.15) is 18.6 Å². The summed E-state index contributed by atoms with van der Waals surface area (Å²) in [6.07, 6.45) is 5.29. The second-order valence-electron chi connectivity index (χ2n) is 5.91. The Morgan fingerprint density at radius 1 is 1.42 bits per heavy atom. The minimum atomic E-state index is -0.0197. The summed E-state index contributed by atoms with van der Waals surface area (Å²) in [5.41, 5.74) is 0.918. The highest BCUT2D eigenvalue weighted by atomic mass is 32.1. The summed E-state index contributed by atoms with van der Waals surface area (Å²) in [5, 5.41) is 3.92. The van der Waals surface area contributed by atoms with Crippen LogP contribution in [0.2, 0.25) is 0 Å². The number of nitrogens with zero attached hydrogens (tertiary/aromatic N) is 3. The summed E-state index contributed by atoms with van der Waals surface area (Å²) in [7, 11) is 0. The molecular weight excluding hydrogens is 324 g/mol. The van der Waals surface area contributed by atoms with Crippen LogP contribution in [0.3, 0.4) is 0 Å². The van der Waals surface area contributed by atoms with Crippen molar-refractivity contribution in [2.24, 2.45) is 5.92 Å². The van der Waals surface area contributed by atoms with E-state index in [1.165, 1.54) is 0 Å². The first-order valence-electron chi connectivity index (χ1n) is 8.06. The minimum absolute atomic E-state index is 0.0197. The van der Waals surface area contributed by atoms with Crippen molar-refractivity contribution in [3.8, 4) is 0 Å². The topological polar surface area (TPSA) is 71.3 Å². The van der Waals surface area contributed by atoms with Crippen LogP contribution in [0, 0.1) is 5.92 Å². The summed E-state index contributed by atoms with van der Waals surface area (Å²) in [4.78, 5) is 24.6. The molecule has 6 nitrogen and oxygen atoms in total. The Bertz CT molecular complexity index is 797. The molecule has 1 amide bonds. The SMILES string of the molecule is O=C(NCc1ccco1)[C@@H]1CCCN(c2nc3cccnc3s2)C1. The number of piperidine rings is 1. The summed E-state index contributed by atoms with van der Waals surface area (Å²) < 4.78 is 5.25. The van der Waals surface area contributed by atoms with Gasteiger partial charge in [0.25, 0.3) is 0 Å². The molecule has 7 heteroatoms. The fourth-order valence-electron chi connectivity index (χ4n) is 2.99. The number of anilines is 1. The zero-order valence-corrected chi connectivity index (χ0v) is 14.0. The molecule has 0 aliphatic carbocycles. The van der Waals surface area contributed by atoms with Crippen molar-refractivity contribution < 1.29 is 9.21 Å². The first kappa shape index (κ1) is 15.1. The van der Waals surface area contributed by atoms with Crippen molar-refractivity contribution in [1.29, 1.82) is 0 Å². The molecule has 0 saturated carbocycles. The molecule has 1 aliphatic heterocycles. The lowest BCUT2D eigenvalue weighted by molar-refractivity contribution is -0.125. The van der Waals surface area contributed by atoms with Gasteiger partial charge in [-0.15, -0.1) is 0 Å². The molecule has 124 valence electrons. The van der Waals surface area contributed by atoms with Crippen molar-refractivity contribution in [2.45, 2.75) is 19.4 Å². The predicted molar refractivity (Wildman–Crippen MR) is 92.9 cm³/mol. The first-order chi connectivity index (χ1) is 11.8. The number of nitrogens with one attached hydrogen (secondary N) is 1. The smallest absolute Gasteiger partial charge is 0.225 e. The monoisotopic (exact) mass is 342 g/mol. The maximum absolute atomic E-state index is 12.4. The van der Waals surface area contributed by atoms with E-state index in [9.17, 15) is 4.79 Å². The van der Waals surface area contributed by atoms with Crippen molar-refractivity contribution >= 4 is 32.7 Å². The Hall–Kier alpha value is -2.41. The molecule has 1 fully saturated rings. The maximum atomic E-state index is 12.4. The largest absolute Gasteiger partial charge is 0.467 e. The van der Waals surface area contributed by atoms with Gasteiger partial charge in [0, 0.05) is 19.3 Å². The molecule has 0 bridgehead atoms. The van der Waals surface area contributed by atoms with E-state index in [0.29, 0.717) is 13.1 Å². The molecule has 1 saturated heterocycles. The molecule has 1 atom stereocenters. The fourth-order valence-corrected chi connectivity index (χ4v) is 3.93. The molecule has 4 rings (SSSR count). The molecule has 3 aromatic heterocycles. The number of aromatic nitrogens is 2. The van der Waals surface area contributed by atoms with Gasteiger partial charge in [0.1, 0.15) is 16.1 Å². The van der Waals surface area contributed by atoms with Gasteiger partial charge in [0.2, 0.25) is 5.91 Å². The van der Waals surface area contributed by atoms with Crippen LogP contribution < -0.4 is 10.2 Å². The molecule has 3 aromatic rings. The highest BCUT2D eigenvalue weighted by Gasteiger charge is 2.27. The Labute approximate surface area is 143 Å². The third kappa shape index (κ3) is 3.12. The predicted octanol–water partition coefficient (Wildman–Crippen LogP) is 2.82. The van der Waals surface area contributed by atoms with Crippen LogP contribution in [0.4, 0.5) is 5.13 Å². The molecule has 1 aliphatic rings. The lowest BCUT2D eigenvalue weighted by Gasteiger charge is -2.31. The van der Waals surface area contributed by atoms with E-state index >= 15 is 0 Å². The standard InChI is InChI=1S/C17H18N4O2S/c22-15(19-10-13-5-3-9-23-13)12-4-2-8-21(11-12)17-20-14-6-1-7-18-16(14)24-17/h1,3,5-7,9,12H,2,4,8,10-11H2,(H,19,22)/t12-/m1/s1. The van der Waals surface area contributed by atoms with Crippen molar-refractivity contribution in [1.82, 2.24) is 15.3 Å². The molecule has 4 heterocycles.